The summed E-state index contributed by atoms with van der Waals surface area (Å²) in [5, 5.41) is 15.0. The van der Waals surface area contributed by atoms with Crippen molar-refractivity contribution in [2.24, 2.45) is 10.7 Å². The molecule has 136 heavy (non-hydrogen) atoms. The number of rotatable bonds is 6. The highest BCUT2D eigenvalue weighted by Gasteiger charge is 2.60. The number of nitrogen functional groups attached to an aromatic ring is 5. The second kappa shape index (κ2) is 37.5. The number of pyridine rings is 2. The second-order valence-corrected chi connectivity index (χ2v) is 46.1. The number of anilines is 5. The van der Waals surface area contributed by atoms with Gasteiger partial charge in [-0.1, -0.05) is 30.1 Å². The SMILES string of the molecule is C.Nc1nc2c(ncn2[C@@H]2O[C@@H]3COP(O)(=S)O[C@H]4[C@H](F)[C@H](n5cnc6c5N=CCC6N)O[C@@H]4COP(O)(=S)O[C@@H]2[C@@H]3F)c(=O)[nH]1.Nc1nc2c(nnn2[C@@H]2O[C@@H]3COP(=O)(O)O[C@H]4[C@H](F)[C@H](n5cnc6c(N)ccnc65)O[C@@H]4COP(O)(=S)O[C@@H]2[C@@H]3F)c(=O)[nH]1.Nc1nc2c(nnn2[C@@H]2O[C@@H]3COP(=O)(S)O[C@H]4[C@H](F)[C@H](n5cnc6c(N)ccnc65)O[C@@H]4COP(O)(=S)O[C@@H]2[C@@H]3F)c(=O)[nH]1. The van der Waals surface area contributed by atoms with E-state index in [-0.39, 0.29) is 98.3 Å². The molecule has 11 aromatic rings. The molecule has 31 atom stereocenters. The molecule has 57 nitrogen and oxygen atoms in total. The van der Waals surface area contributed by atoms with Crippen LogP contribution < -0.4 is 51.1 Å². The Hall–Kier alpha value is -7.94. The minimum atomic E-state index is -5.15. The van der Waals surface area contributed by atoms with E-state index in [1.165, 1.54) is 61.8 Å². The quantitative estimate of drug-likeness (QED) is 0.0636. The summed E-state index contributed by atoms with van der Waals surface area (Å²) < 4.78 is 228. The molecule has 0 aromatic carbocycles. The lowest BCUT2D eigenvalue weighted by molar-refractivity contribution is -0.0668. The van der Waals surface area contributed by atoms with E-state index in [1.807, 2.05) is 0 Å². The van der Waals surface area contributed by atoms with Gasteiger partial charge >= 0.3 is 41.5 Å². The van der Waals surface area contributed by atoms with E-state index < -0.39 is 252 Å². The van der Waals surface area contributed by atoms with E-state index in [0.29, 0.717) is 12.1 Å². The van der Waals surface area contributed by atoms with Gasteiger partial charge in [0, 0.05) is 25.0 Å². The molecular weight excluding hydrogens is 2060 g/mol. The van der Waals surface area contributed by atoms with Crippen LogP contribution in [0.25, 0.3) is 55.8 Å². The van der Waals surface area contributed by atoms with Crippen LogP contribution in [-0.4, -0.2) is 289 Å². The first-order chi connectivity index (χ1) is 63.9. The summed E-state index contributed by atoms with van der Waals surface area (Å²) in [4.78, 5) is 139. The topological polar surface area (TPSA) is 766 Å². The van der Waals surface area contributed by atoms with Crippen LogP contribution in [0.2, 0.25) is 0 Å². The molecule has 0 spiro atoms. The largest absolute Gasteiger partial charge is 0.472 e. The molecule has 21 rings (SSSR count). The number of ether oxygens (including phenoxy) is 6. The molecule has 6 bridgehead atoms. The zero-order valence-electron chi connectivity index (χ0n) is 67.1. The Morgan fingerprint density at radius 3 is 1.23 bits per heavy atom. The van der Waals surface area contributed by atoms with Gasteiger partial charge in [-0.25, -0.2) is 70.4 Å². The summed E-state index contributed by atoms with van der Waals surface area (Å²) in [6.45, 7) is -26.3. The van der Waals surface area contributed by atoms with Gasteiger partial charge in [-0.15, -0.1) is 10.2 Å². The molecule has 9 fully saturated rings. The Labute approximate surface area is 777 Å². The van der Waals surface area contributed by atoms with Crippen molar-refractivity contribution in [2.75, 3.05) is 68.3 Å². The molecule has 10 aliphatic heterocycles. The van der Waals surface area contributed by atoms with Crippen LogP contribution in [0.3, 0.4) is 0 Å². The molecule has 10 aliphatic rings. The Morgan fingerprint density at radius 2 is 0.765 bits per heavy atom. The number of aromatic nitrogens is 22. The molecule has 0 amide bonds. The maximum Gasteiger partial charge on any atom is 0.472 e. The first-order valence-corrected chi connectivity index (χ1v) is 53.6. The van der Waals surface area contributed by atoms with Gasteiger partial charge < -0.3 is 105 Å². The van der Waals surface area contributed by atoms with Crippen molar-refractivity contribution in [3.8, 4) is 0 Å². The van der Waals surface area contributed by atoms with E-state index in [1.54, 1.807) is 6.21 Å². The minimum absolute atomic E-state index is 0. The zero-order chi connectivity index (χ0) is 95.5. The Balaban J connectivity index is 0.000000135. The summed E-state index contributed by atoms with van der Waals surface area (Å²) in [6, 6.07) is 2.54. The van der Waals surface area contributed by atoms with E-state index in [9.17, 15) is 48.0 Å². The summed E-state index contributed by atoms with van der Waals surface area (Å²) in [7, 11) is -5.15. The number of phosphoric acid groups is 1. The van der Waals surface area contributed by atoms with E-state index in [2.05, 4.69) is 97.7 Å². The molecule has 736 valence electrons. The number of halogens is 6. The number of nitrogens with one attached hydrogen (secondary N) is 3. The number of thiol groups is 1. The molecule has 0 saturated carbocycles. The lowest BCUT2D eigenvalue weighted by Gasteiger charge is -2.27. The van der Waals surface area contributed by atoms with Crippen molar-refractivity contribution in [2.45, 2.75) is 168 Å². The summed E-state index contributed by atoms with van der Waals surface area (Å²) in [5.41, 5.74) is 33.4. The molecule has 21 heterocycles. The van der Waals surface area contributed by atoms with E-state index >= 15 is 26.3 Å². The lowest BCUT2D eigenvalue weighted by atomic mass is 10.1. The van der Waals surface area contributed by atoms with Crippen LogP contribution in [0.4, 0.5) is 61.4 Å². The van der Waals surface area contributed by atoms with E-state index in [4.69, 9.17) is 164 Å². The normalized spacial score (nSPS) is 38.3. The summed E-state index contributed by atoms with van der Waals surface area (Å²) in [6.07, 6.45) is -31.1. The number of aliphatic imine (C=N–C) groups is 1. The standard InChI is InChI=1S/C21H25F2N9O9P2S2.C20H22F2N10O10P2S.C20H22F2N10O9P2S2.CH4/c22-10-8-3-36-42(34,44)40-14-9(39-19(11(14)23)31-5-27-12-7(24)1-2-26-16(12)31)4-37-43(35,45)41-15(10)20(38-8)32-6-28-13-17(32)29-21(25)30-18(13)33;21-9-7-3-37-43(34,35)41-13-8(40-18(10(13)22)31-5-26-11-6(23)1-2-25-15(11)31)4-38-44(36,45)42-14(9)19(39-7)32-16-12(29-30-32)17(33)28-20(24)27-16;21-9-7-3-36-42(34,44)40-13-8(39-18(10(13)22)31-5-26-11-6(23)1-2-25-15(11)31)4-37-43(35,45)41-14(9)19(38-7)32-16-12(29-30-32)17(33)28-20(24)27-16;/h2,5-11,14-15,19-20H,1,3-4,24H2,(H,34,44)(H,35,45)(H3,25,29,30,33);1-2,5,7-10,13-14,18-19H,3-4H2,(H2,23,25)(H,34,35)(H,36,45)(H3,24,27,28,33);1-2,5,7-10,13-14,18-19H,3-4H2,(H2,23,25)(H,34,44)(H,35,45)(H3,24,27,28,33);1H4/t7?,8-,9-,10-,11+,14-,15-,19-,20-,42?,43?;7-,8-,9-,10+,13-,14-,18-,19-,44?;7-,8-,9-,10+,13-,14-,18-,19-,42?,43?;/m111./s1. The predicted octanol–water partition coefficient (Wildman–Crippen LogP) is 1.46. The molecule has 9 saturated heterocycles. The van der Waals surface area contributed by atoms with Crippen LogP contribution in [0.1, 0.15) is 63.0 Å². The number of aromatic amines is 3. The maximum atomic E-state index is 16.0. The lowest BCUT2D eigenvalue weighted by Crippen LogP contribution is -2.34. The molecule has 0 aliphatic carbocycles. The van der Waals surface area contributed by atoms with Crippen molar-refractivity contribution >= 4 is 198 Å². The van der Waals surface area contributed by atoms with Crippen LogP contribution in [0.15, 0.2) is 69.2 Å². The number of hydrogen-bond donors (Lipinski definition) is 15. The monoisotopic (exact) mass is 2130 g/mol. The number of H-pyrrole nitrogens is 3. The number of hydrogen-bond acceptors (Lipinski definition) is 47. The van der Waals surface area contributed by atoms with Crippen molar-refractivity contribution in [1.82, 2.24) is 108 Å². The molecule has 11 aromatic heterocycles. The number of imidazole rings is 4. The third-order valence-electron chi connectivity index (χ3n) is 22.0. The number of phosphoric ester groups is 1. The second-order valence-electron chi connectivity index (χ2n) is 30.6. The maximum absolute atomic E-state index is 16.0. The highest BCUT2D eigenvalue weighted by atomic mass is 32.7. The van der Waals surface area contributed by atoms with Gasteiger partial charge in [0.1, 0.15) is 90.0 Å². The number of nitrogens with zero attached hydrogens (tertiary/aromatic N) is 20. The van der Waals surface area contributed by atoms with Crippen LogP contribution >= 0.6 is 53.7 Å². The van der Waals surface area contributed by atoms with E-state index in [0.717, 1.165) is 15.7 Å². The first-order valence-electron chi connectivity index (χ1n) is 39.1. The number of fused-ring (bicyclic) bond motifs is 15. The number of alkyl halides is 6. The van der Waals surface area contributed by atoms with Gasteiger partial charge in [-0.05, 0) is 59.4 Å². The molecule has 20 N–H and O–H groups in total. The summed E-state index contributed by atoms with van der Waals surface area (Å²) >= 11 is 24.5. The van der Waals surface area contributed by atoms with Crippen molar-refractivity contribution in [3.05, 3.63) is 86.6 Å². The fourth-order valence-corrected chi connectivity index (χ4v) is 24.0. The van der Waals surface area contributed by atoms with Crippen LogP contribution in [0, 0.1) is 0 Å². The van der Waals surface area contributed by atoms with Gasteiger partial charge in [0.05, 0.1) is 82.4 Å². The van der Waals surface area contributed by atoms with Crippen molar-refractivity contribution < 1.29 is 143 Å². The molecule has 7 unspecified atom stereocenters. The average Bonchev–Trinajstić information content (AvgIpc) is 1.62. The van der Waals surface area contributed by atoms with Gasteiger partial charge in [0.25, 0.3) is 16.7 Å². The molecule has 0 radical (unpaired) electrons. The fraction of sp³-hybridized carbons (Fsp3) is 0.532. The number of nitrogens with two attached hydrogens (primary N) is 6. The smallest absolute Gasteiger partial charge is 0.397 e. The predicted molar refractivity (Wildman–Crippen MR) is 466 cm³/mol. The highest BCUT2D eigenvalue weighted by Crippen LogP contribution is 2.61. The third-order valence-corrected chi connectivity index (χ3v) is 30.8. The van der Waals surface area contributed by atoms with Crippen LogP contribution in [-0.2, 0) is 139 Å². The zero-order valence-corrected chi connectivity index (χ0v) is 76.7. The Kier molecular flexibility index (Phi) is 27.1. The highest BCUT2D eigenvalue weighted by molar-refractivity contribution is 8.44. The minimum Gasteiger partial charge on any atom is -0.397 e. The van der Waals surface area contributed by atoms with Crippen molar-refractivity contribution in [3.63, 3.8) is 0 Å². The van der Waals surface area contributed by atoms with Crippen molar-refractivity contribution in [1.29, 1.82) is 0 Å². The third kappa shape index (κ3) is 19.0. The first kappa shape index (κ1) is 98.3. The Morgan fingerprint density at radius 1 is 0.412 bits per heavy atom. The van der Waals surface area contributed by atoms with Gasteiger partial charge in [0.2, 0.25) is 17.8 Å². The van der Waals surface area contributed by atoms with Gasteiger partial charge in [0.15, 0.2) is 125 Å². The van der Waals surface area contributed by atoms with Crippen LogP contribution in [0.5, 0.6) is 0 Å². The molecular formula is C62H73F6N29O28P6S5. The fourth-order valence-electron chi connectivity index (χ4n) is 15.9. The average molecular weight is 2130 g/mol. The summed E-state index contributed by atoms with van der Waals surface area (Å²) in [5.74, 6) is -0.602. The Bertz CT molecular complexity index is 6730. The molecule has 74 heteroatoms. The van der Waals surface area contributed by atoms with Gasteiger partial charge in [-0.3, -0.25) is 83.8 Å². The van der Waals surface area contributed by atoms with Gasteiger partial charge in [-0.2, -0.15) is 24.3 Å².